The van der Waals surface area contributed by atoms with E-state index in [9.17, 15) is 4.79 Å². The fraction of sp³-hybridized carbons (Fsp3) is 0.667. The predicted molar refractivity (Wildman–Crippen MR) is 101 cm³/mol. The molecule has 0 fully saturated rings. The highest BCUT2D eigenvalue weighted by atomic mass is 16.1. The highest BCUT2D eigenvalue weighted by Crippen LogP contribution is 2.08. The van der Waals surface area contributed by atoms with Crippen molar-refractivity contribution in [2.24, 2.45) is 0 Å². The minimum atomic E-state index is 0.0774. The number of allylic oxidation sites excluding steroid dienone is 4. The van der Waals surface area contributed by atoms with Crippen LogP contribution in [0.1, 0.15) is 84.0 Å². The zero-order chi connectivity index (χ0) is 17.0. The molecule has 0 aliphatic rings. The molecule has 0 aliphatic carbocycles. The monoisotopic (exact) mass is 317 g/mol. The second kappa shape index (κ2) is 18.6. The van der Waals surface area contributed by atoms with E-state index in [1.807, 2.05) is 0 Å². The molecule has 0 bridgehead atoms. The molecule has 0 radical (unpaired) electrons. The van der Waals surface area contributed by atoms with Crippen LogP contribution in [0.2, 0.25) is 0 Å². The Morgan fingerprint density at radius 1 is 0.913 bits per heavy atom. The zero-order valence-corrected chi connectivity index (χ0v) is 15.0. The Hall–Kier alpha value is -1.49. The van der Waals surface area contributed by atoms with E-state index in [2.05, 4.69) is 42.5 Å². The lowest BCUT2D eigenvalue weighted by molar-refractivity contribution is -0.120. The summed E-state index contributed by atoms with van der Waals surface area (Å²) >= 11 is 0. The molecule has 0 aliphatic heterocycles. The Labute approximate surface area is 143 Å². The summed E-state index contributed by atoms with van der Waals surface area (Å²) in [6.45, 7) is 2.59. The Balaban J connectivity index is 3.25. The third-order valence-electron chi connectivity index (χ3n) is 3.74. The number of rotatable bonds is 15. The fourth-order valence-corrected chi connectivity index (χ4v) is 2.33. The maximum atomic E-state index is 11.3. The van der Waals surface area contributed by atoms with E-state index in [1.54, 1.807) is 0 Å². The molecule has 0 heterocycles. The van der Waals surface area contributed by atoms with Gasteiger partial charge in [-0.25, -0.2) is 0 Å². The largest absolute Gasteiger partial charge is 0.345 e. The molecule has 0 aromatic rings. The summed E-state index contributed by atoms with van der Waals surface area (Å²) in [6, 6.07) is 0. The number of hydrogen-bond donors (Lipinski definition) is 1. The van der Waals surface area contributed by atoms with Gasteiger partial charge in [0.15, 0.2) is 0 Å². The molecular weight excluding hydrogens is 282 g/mol. The summed E-state index contributed by atoms with van der Waals surface area (Å²) in [5.41, 5.74) is 0. The van der Waals surface area contributed by atoms with E-state index >= 15 is 0 Å². The van der Waals surface area contributed by atoms with Crippen LogP contribution in [0.15, 0.2) is 24.3 Å². The summed E-state index contributed by atoms with van der Waals surface area (Å²) in [6.07, 6.45) is 28.1. The van der Waals surface area contributed by atoms with E-state index in [0.29, 0.717) is 13.0 Å². The number of amides is 1. The molecule has 1 amide bonds. The number of nitrogens with one attached hydrogen (secondary N) is 1. The van der Waals surface area contributed by atoms with Crippen LogP contribution in [0.5, 0.6) is 0 Å². The van der Waals surface area contributed by atoms with Gasteiger partial charge in [-0.2, -0.15) is 0 Å². The smallest absolute Gasteiger partial charge is 0.220 e. The van der Waals surface area contributed by atoms with Gasteiger partial charge < -0.3 is 5.32 Å². The van der Waals surface area contributed by atoms with Crippen LogP contribution >= 0.6 is 0 Å². The van der Waals surface area contributed by atoms with Gasteiger partial charge in [0.25, 0.3) is 0 Å². The van der Waals surface area contributed by atoms with Gasteiger partial charge in [0.1, 0.15) is 0 Å². The van der Waals surface area contributed by atoms with Crippen LogP contribution < -0.4 is 5.32 Å². The molecule has 130 valence electrons. The van der Waals surface area contributed by atoms with Crippen molar-refractivity contribution in [1.82, 2.24) is 5.32 Å². The first-order chi connectivity index (χ1) is 11.3. The number of terminal acetylenes is 1. The average Bonchev–Trinajstić information content (AvgIpc) is 2.56. The molecule has 23 heavy (non-hydrogen) atoms. The predicted octanol–water partition coefficient (Wildman–Crippen LogP) is 5.55. The highest BCUT2D eigenvalue weighted by Gasteiger charge is 1.98. The minimum Gasteiger partial charge on any atom is -0.345 e. The normalized spacial score (nSPS) is 11.1. The summed E-state index contributed by atoms with van der Waals surface area (Å²) in [7, 11) is 0. The average molecular weight is 318 g/mol. The lowest BCUT2D eigenvalue weighted by Crippen LogP contribution is -2.22. The number of hydrogen-bond acceptors (Lipinski definition) is 1. The van der Waals surface area contributed by atoms with Gasteiger partial charge in [-0.3, -0.25) is 4.79 Å². The Kier molecular flexibility index (Phi) is 17.4. The second-order valence-corrected chi connectivity index (χ2v) is 5.96. The summed E-state index contributed by atoms with van der Waals surface area (Å²) in [5, 5.41) is 2.69. The van der Waals surface area contributed by atoms with Crippen LogP contribution in [-0.4, -0.2) is 12.5 Å². The zero-order valence-electron chi connectivity index (χ0n) is 15.0. The quantitative estimate of drug-likeness (QED) is 0.239. The highest BCUT2D eigenvalue weighted by molar-refractivity contribution is 5.76. The van der Waals surface area contributed by atoms with Gasteiger partial charge in [-0.15, -0.1) is 6.42 Å². The molecule has 0 saturated heterocycles. The molecular formula is C21H35NO. The van der Waals surface area contributed by atoms with Crippen molar-refractivity contribution in [2.45, 2.75) is 84.0 Å². The maximum Gasteiger partial charge on any atom is 0.220 e. The first-order valence-electron chi connectivity index (χ1n) is 9.31. The van der Waals surface area contributed by atoms with Gasteiger partial charge in [0.05, 0.1) is 6.54 Å². The van der Waals surface area contributed by atoms with Crippen molar-refractivity contribution < 1.29 is 4.79 Å². The Bertz CT molecular complexity index is 363. The van der Waals surface area contributed by atoms with E-state index in [-0.39, 0.29) is 5.91 Å². The van der Waals surface area contributed by atoms with Crippen molar-refractivity contribution in [2.75, 3.05) is 6.54 Å². The molecule has 2 nitrogen and oxygen atoms in total. The molecule has 0 atom stereocenters. The van der Waals surface area contributed by atoms with E-state index in [1.165, 1.54) is 51.4 Å². The van der Waals surface area contributed by atoms with Crippen molar-refractivity contribution in [1.29, 1.82) is 0 Å². The third kappa shape index (κ3) is 18.5. The SMILES string of the molecule is C#CCNC(=O)CCCCCCCC=CCC=CCCCCC. The van der Waals surface area contributed by atoms with Gasteiger partial charge >= 0.3 is 0 Å². The molecule has 2 heteroatoms. The second-order valence-electron chi connectivity index (χ2n) is 5.96. The number of unbranched alkanes of at least 4 members (excludes halogenated alkanes) is 8. The lowest BCUT2D eigenvalue weighted by atomic mass is 10.1. The molecule has 0 spiro atoms. The van der Waals surface area contributed by atoms with Crippen molar-refractivity contribution >= 4 is 5.91 Å². The molecule has 0 aromatic heterocycles. The molecule has 0 saturated carbocycles. The maximum absolute atomic E-state index is 11.3. The number of carbonyl (C=O) groups excluding carboxylic acids is 1. The van der Waals surface area contributed by atoms with Crippen LogP contribution in [0.3, 0.4) is 0 Å². The van der Waals surface area contributed by atoms with Crippen molar-refractivity contribution in [3.63, 3.8) is 0 Å². The standard InChI is InChI=1S/C21H35NO/c1-3-5-6-7-8-9-10-11-12-13-14-15-16-17-18-19-21(23)22-20-4-2/h2,8-9,11-12H,3,5-7,10,13-20H2,1H3,(H,22,23). The van der Waals surface area contributed by atoms with E-state index in [0.717, 1.165) is 19.3 Å². The van der Waals surface area contributed by atoms with Crippen molar-refractivity contribution in [3.8, 4) is 12.3 Å². The topological polar surface area (TPSA) is 29.1 Å². The molecule has 0 aromatic carbocycles. The number of carbonyl (C=O) groups is 1. The molecule has 0 rings (SSSR count). The van der Waals surface area contributed by atoms with Crippen LogP contribution in [0.25, 0.3) is 0 Å². The first-order valence-corrected chi connectivity index (χ1v) is 9.31. The minimum absolute atomic E-state index is 0.0774. The van der Waals surface area contributed by atoms with Crippen LogP contribution in [0.4, 0.5) is 0 Å². The summed E-state index contributed by atoms with van der Waals surface area (Å²) in [4.78, 5) is 11.3. The van der Waals surface area contributed by atoms with Crippen molar-refractivity contribution in [3.05, 3.63) is 24.3 Å². The van der Waals surface area contributed by atoms with Gasteiger partial charge in [0, 0.05) is 6.42 Å². The fourth-order valence-electron chi connectivity index (χ4n) is 2.33. The summed E-state index contributed by atoms with van der Waals surface area (Å²) in [5.74, 6) is 2.49. The first kappa shape index (κ1) is 21.5. The van der Waals surface area contributed by atoms with Crippen LogP contribution in [0, 0.1) is 12.3 Å². The Morgan fingerprint density at radius 2 is 1.52 bits per heavy atom. The molecule has 1 N–H and O–H groups in total. The van der Waals surface area contributed by atoms with Gasteiger partial charge in [0.2, 0.25) is 5.91 Å². The third-order valence-corrected chi connectivity index (χ3v) is 3.74. The van der Waals surface area contributed by atoms with Gasteiger partial charge in [-0.1, -0.05) is 69.3 Å². The van der Waals surface area contributed by atoms with E-state index in [4.69, 9.17) is 6.42 Å². The lowest BCUT2D eigenvalue weighted by Gasteiger charge is -2.01. The summed E-state index contributed by atoms with van der Waals surface area (Å²) < 4.78 is 0. The van der Waals surface area contributed by atoms with Crippen LogP contribution in [-0.2, 0) is 4.79 Å². The Morgan fingerprint density at radius 3 is 2.17 bits per heavy atom. The van der Waals surface area contributed by atoms with Gasteiger partial charge in [-0.05, 0) is 38.5 Å². The molecule has 0 unspecified atom stereocenters. The van der Waals surface area contributed by atoms with E-state index < -0.39 is 0 Å².